The van der Waals surface area contributed by atoms with Crippen molar-refractivity contribution in [2.45, 2.75) is 25.9 Å². The van der Waals surface area contributed by atoms with Gasteiger partial charge < -0.3 is 14.8 Å². The summed E-state index contributed by atoms with van der Waals surface area (Å²) < 4.78 is 11.7. The average Bonchev–Trinajstić information content (AvgIpc) is 3.41. The van der Waals surface area contributed by atoms with E-state index in [-0.39, 0.29) is 24.7 Å². The summed E-state index contributed by atoms with van der Waals surface area (Å²) in [5.74, 6) is 7.03. The van der Waals surface area contributed by atoms with Gasteiger partial charge in [0.25, 0.3) is 5.91 Å². The number of benzene rings is 1. The highest BCUT2D eigenvalue weighted by Crippen LogP contribution is 2.41. The predicted molar refractivity (Wildman–Crippen MR) is 112 cm³/mol. The zero-order valence-corrected chi connectivity index (χ0v) is 17.1. The van der Waals surface area contributed by atoms with E-state index in [1.165, 1.54) is 0 Å². The third-order valence-corrected chi connectivity index (χ3v) is 5.32. The van der Waals surface area contributed by atoms with E-state index in [0.717, 1.165) is 28.3 Å². The number of carbonyl (C=O) groups excluding carboxylic acids is 1. The summed E-state index contributed by atoms with van der Waals surface area (Å²) in [6.07, 6.45) is 0.860. The molecule has 0 unspecified atom stereocenters. The molecular weight excluding hydrogens is 386 g/mol. The van der Waals surface area contributed by atoms with E-state index in [9.17, 15) is 4.79 Å². The molecule has 1 aromatic carbocycles. The Bertz CT molecular complexity index is 1070. The van der Waals surface area contributed by atoms with Crippen molar-refractivity contribution in [1.82, 2.24) is 15.5 Å². The number of aromatic nitrogens is 2. The average molecular weight is 407 g/mol. The molecular formula is C22H21N3O3S. The van der Waals surface area contributed by atoms with Crippen molar-refractivity contribution in [2.24, 2.45) is 0 Å². The van der Waals surface area contributed by atoms with Gasteiger partial charge in [-0.05, 0) is 37.4 Å². The van der Waals surface area contributed by atoms with E-state index in [0.29, 0.717) is 11.4 Å². The maximum Gasteiger partial charge on any atom is 0.272 e. The molecule has 0 saturated heterocycles. The zero-order valence-electron chi connectivity index (χ0n) is 16.2. The second kappa shape index (κ2) is 8.02. The minimum absolute atomic E-state index is 0.215. The summed E-state index contributed by atoms with van der Waals surface area (Å²) in [7, 11) is 0. The Morgan fingerprint density at radius 3 is 3.07 bits per heavy atom. The van der Waals surface area contributed by atoms with Crippen LogP contribution in [0.3, 0.4) is 0 Å². The summed E-state index contributed by atoms with van der Waals surface area (Å²) in [6, 6.07) is 11.5. The molecule has 0 spiro atoms. The Morgan fingerprint density at radius 1 is 1.34 bits per heavy atom. The first kappa shape index (κ1) is 19.1. The summed E-state index contributed by atoms with van der Waals surface area (Å²) >= 11 is 1.59. The summed E-state index contributed by atoms with van der Waals surface area (Å²) in [5.41, 5.74) is 2.10. The van der Waals surface area contributed by atoms with Gasteiger partial charge in [0.1, 0.15) is 12.2 Å². The lowest BCUT2D eigenvalue weighted by Gasteiger charge is -2.17. The molecule has 0 bridgehead atoms. The number of hydrogen-bond acceptors (Lipinski definition) is 5. The Morgan fingerprint density at radius 2 is 2.24 bits per heavy atom. The monoisotopic (exact) mass is 407 g/mol. The van der Waals surface area contributed by atoms with Crippen molar-refractivity contribution in [3.63, 3.8) is 0 Å². The van der Waals surface area contributed by atoms with Crippen LogP contribution < -0.4 is 14.8 Å². The molecule has 29 heavy (non-hydrogen) atoms. The third kappa shape index (κ3) is 4.44. The highest BCUT2D eigenvalue weighted by atomic mass is 32.1. The zero-order chi connectivity index (χ0) is 20.3. The molecule has 2 N–H and O–H groups in total. The topological polar surface area (TPSA) is 76.2 Å². The van der Waals surface area contributed by atoms with E-state index < -0.39 is 0 Å². The Balaban J connectivity index is 1.26. The quantitative estimate of drug-likeness (QED) is 0.633. The molecule has 0 radical (unpaired) electrons. The van der Waals surface area contributed by atoms with Crippen LogP contribution in [0.15, 0.2) is 41.8 Å². The van der Waals surface area contributed by atoms with Gasteiger partial charge in [-0.3, -0.25) is 9.89 Å². The van der Waals surface area contributed by atoms with Gasteiger partial charge in [0.15, 0.2) is 17.2 Å². The number of carbonyl (C=O) groups is 1. The van der Waals surface area contributed by atoms with Gasteiger partial charge in [-0.15, -0.1) is 11.3 Å². The fourth-order valence-corrected chi connectivity index (χ4v) is 3.83. The van der Waals surface area contributed by atoms with Crippen LogP contribution in [-0.4, -0.2) is 34.9 Å². The maximum atomic E-state index is 12.2. The number of aromatic amines is 1. The largest absolute Gasteiger partial charge is 0.483 e. The van der Waals surface area contributed by atoms with Crippen molar-refractivity contribution in [2.75, 3.05) is 13.2 Å². The molecule has 0 fully saturated rings. The summed E-state index contributed by atoms with van der Waals surface area (Å²) in [4.78, 5) is 13.2. The third-order valence-electron chi connectivity index (χ3n) is 4.41. The Kier molecular flexibility index (Phi) is 5.28. The SMILES string of the molecule is CC1(C)Cc2cccc(OCC#CCNC(=O)c3cc(-c4cccs4)[nH]n3)c2O1. The molecule has 1 aliphatic rings. The lowest BCUT2D eigenvalue weighted by molar-refractivity contribution is 0.0953. The van der Waals surface area contributed by atoms with E-state index in [2.05, 4.69) is 47.3 Å². The lowest BCUT2D eigenvalue weighted by Crippen LogP contribution is -2.24. The molecule has 4 rings (SSSR count). The maximum absolute atomic E-state index is 12.2. The first-order chi connectivity index (χ1) is 14.0. The number of thiophene rings is 1. The van der Waals surface area contributed by atoms with Gasteiger partial charge in [-0.2, -0.15) is 5.10 Å². The van der Waals surface area contributed by atoms with Crippen molar-refractivity contribution in [3.05, 3.63) is 53.0 Å². The first-order valence-corrected chi connectivity index (χ1v) is 10.2. The molecule has 3 aromatic rings. The van der Waals surface area contributed by atoms with Crippen LogP contribution in [0.2, 0.25) is 0 Å². The van der Waals surface area contributed by atoms with Crippen molar-refractivity contribution < 1.29 is 14.3 Å². The van der Waals surface area contributed by atoms with Crippen molar-refractivity contribution >= 4 is 17.2 Å². The second-order valence-electron chi connectivity index (χ2n) is 7.25. The highest BCUT2D eigenvalue weighted by molar-refractivity contribution is 7.13. The van der Waals surface area contributed by atoms with Crippen LogP contribution in [0.5, 0.6) is 11.5 Å². The number of ether oxygens (including phenoxy) is 2. The van der Waals surface area contributed by atoms with Crippen LogP contribution >= 0.6 is 11.3 Å². The first-order valence-electron chi connectivity index (χ1n) is 9.29. The highest BCUT2D eigenvalue weighted by Gasteiger charge is 2.32. The minimum Gasteiger partial charge on any atom is -0.483 e. The summed E-state index contributed by atoms with van der Waals surface area (Å²) in [5, 5.41) is 11.6. The molecule has 0 atom stereocenters. The van der Waals surface area contributed by atoms with Gasteiger partial charge >= 0.3 is 0 Å². The number of fused-ring (bicyclic) bond motifs is 1. The molecule has 1 amide bonds. The number of para-hydroxylation sites is 1. The fraction of sp³-hybridized carbons (Fsp3) is 0.273. The second-order valence-corrected chi connectivity index (χ2v) is 8.20. The van der Waals surface area contributed by atoms with Crippen LogP contribution in [-0.2, 0) is 6.42 Å². The van der Waals surface area contributed by atoms with Gasteiger partial charge in [0, 0.05) is 12.0 Å². The number of nitrogens with zero attached hydrogens (tertiary/aromatic N) is 1. The normalized spacial score (nSPS) is 13.7. The van der Waals surface area contributed by atoms with Gasteiger partial charge in [-0.1, -0.05) is 30.0 Å². The number of hydrogen-bond donors (Lipinski definition) is 2. The number of nitrogens with one attached hydrogen (secondary N) is 2. The van der Waals surface area contributed by atoms with Crippen LogP contribution in [0.25, 0.3) is 10.6 Å². The van der Waals surface area contributed by atoms with E-state index >= 15 is 0 Å². The van der Waals surface area contributed by atoms with Crippen molar-refractivity contribution in [3.8, 4) is 33.9 Å². The van der Waals surface area contributed by atoms with Crippen molar-refractivity contribution in [1.29, 1.82) is 0 Å². The van der Waals surface area contributed by atoms with Crippen LogP contribution in [0, 0.1) is 11.8 Å². The predicted octanol–water partition coefficient (Wildman–Crippen LogP) is 3.66. The van der Waals surface area contributed by atoms with Gasteiger partial charge in [0.2, 0.25) is 0 Å². The number of amides is 1. The standard InChI is InChI=1S/C22H21N3O3S/c1-22(2)14-15-7-5-8-18(20(15)28-22)27-11-4-3-10-23-21(26)17-13-16(24-25-17)19-9-6-12-29-19/h5-9,12-13H,10-11,14H2,1-2H3,(H,23,26)(H,24,25). The lowest BCUT2D eigenvalue weighted by atomic mass is 10.0. The van der Waals surface area contributed by atoms with Gasteiger partial charge in [-0.25, -0.2) is 0 Å². The Labute approximate surface area is 173 Å². The molecule has 3 heterocycles. The molecule has 6 nitrogen and oxygen atoms in total. The van der Waals surface area contributed by atoms with E-state index in [1.54, 1.807) is 17.4 Å². The Hall–Kier alpha value is -3.24. The molecule has 0 saturated carbocycles. The van der Waals surface area contributed by atoms with Crippen LogP contribution in [0.4, 0.5) is 0 Å². The molecule has 0 aliphatic carbocycles. The molecule has 1 aliphatic heterocycles. The smallest absolute Gasteiger partial charge is 0.272 e. The number of rotatable bonds is 5. The van der Waals surface area contributed by atoms with E-state index in [1.807, 2.05) is 29.6 Å². The van der Waals surface area contributed by atoms with E-state index in [4.69, 9.17) is 9.47 Å². The van der Waals surface area contributed by atoms with Crippen LogP contribution in [0.1, 0.15) is 29.9 Å². The van der Waals surface area contributed by atoms with Gasteiger partial charge in [0.05, 0.1) is 17.1 Å². The minimum atomic E-state index is -0.268. The molecule has 148 valence electrons. The fourth-order valence-electron chi connectivity index (χ4n) is 3.14. The number of H-pyrrole nitrogens is 1. The molecule has 7 heteroatoms. The summed E-state index contributed by atoms with van der Waals surface area (Å²) in [6.45, 7) is 4.56. The molecule has 2 aromatic heterocycles.